The second-order valence-corrected chi connectivity index (χ2v) is 8.62. The molecule has 3 rings (SSSR count). The van der Waals surface area contributed by atoms with E-state index in [9.17, 15) is 17.2 Å². The maximum Gasteiger partial charge on any atom is 0.243 e. The average Bonchev–Trinajstić information content (AvgIpc) is 2.85. The maximum absolute atomic E-state index is 13.1. The zero-order valence-corrected chi connectivity index (χ0v) is 14.1. The monoisotopic (exact) mass is 343 g/mol. The SMILES string of the molecule is Cc1ccc(S(=O)(=O)N2C(CC(F)F)C[C@@H]3CCCC[C@@H]32)cc1. The molecule has 1 heterocycles. The van der Waals surface area contributed by atoms with Gasteiger partial charge >= 0.3 is 0 Å². The van der Waals surface area contributed by atoms with Crippen molar-refractivity contribution in [3.63, 3.8) is 0 Å². The molecule has 1 aliphatic carbocycles. The smallest absolute Gasteiger partial charge is 0.210 e. The summed E-state index contributed by atoms with van der Waals surface area (Å²) in [6, 6.07) is 5.99. The van der Waals surface area contributed by atoms with Gasteiger partial charge in [-0.3, -0.25) is 0 Å². The van der Waals surface area contributed by atoms with Crippen molar-refractivity contribution < 1.29 is 17.2 Å². The van der Waals surface area contributed by atoms with Crippen molar-refractivity contribution in [3.05, 3.63) is 29.8 Å². The Morgan fingerprint density at radius 2 is 1.83 bits per heavy atom. The third kappa shape index (κ3) is 3.29. The zero-order chi connectivity index (χ0) is 16.6. The Hall–Kier alpha value is -1.01. The molecule has 23 heavy (non-hydrogen) atoms. The summed E-state index contributed by atoms with van der Waals surface area (Å²) < 4.78 is 53.5. The lowest BCUT2D eigenvalue weighted by atomic mass is 9.85. The Kier molecular flexibility index (Phi) is 4.74. The van der Waals surface area contributed by atoms with Crippen molar-refractivity contribution in [2.24, 2.45) is 5.92 Å². The van der Waals surface area contributed by atoms with Gasteiger partial charge in [-0.25, -0.2) is 17.2 Å². The molecular weight excluding hydrogens is 320 g/mol. The molecule has 0 bridgehead atoms. The molecule has 1 saturated carbocycles. The minimum atomic E-state index is -3.72. The Morgan fingerprint density at radius 3 is 2.48 bits per heavy atom. The lowest BCUT2D eigenvalue weighted by Crippen LogP contribution is -2.43. The van der Waals surface area contributed by atoms with Gasteiger partial charge in [0.15, 0.2) is 0 Å². The van der Waals surface area contributed by atoms with Crippen LogP contribution in [0.1, 0.15) is 44.1 Å². The first-order valence-corrected chi connectivity index (χ1v) is 9.72. The van der Waals surface area contributed by atoms with Crippen LogP contribution in [0.3, 0.4) is 0 Å². The molecule has 128 valence electrons. The number of aryl methyl sites for hydroxylation is 1. The predicted octanol–water partition coefficient (Wildman–Crippen LogP) is 3.97. The van der Waals surface area contributed by atoms with Gasteiger partial charge in [0, 0.05) is 18.5 Å². The molecule has 0 aromatic heterocycles. The van der Waals surface area contributed by atoms with E-state index in [0.717, 1.165) is 31.2 Å². The molecule has 1 aromatic carbocycles. The first kappa shape index (κ1) is 16.8. The van der Waals surface area contributed by atoms with Gasteiger partial charge in [0.25, 0.3) is 0 Å². The van der Waals surface area contributed by atoms with Crippen molar-refractivity contribution >= 4 is 10.0 Å². The molecule has 2 aliphatic rings. The third-order valence-electron chi connectivity index (χ3n) is 5.18. The molecule has 0 radical (unpaired) electrons. The summed E-state index contributed by atoms with van der Waals surface area (Å²) in [7, 11) is -3.72. The summed E-state index contributed by atoms with van der Waals surface area (Å²) in [5.41, 5.74) is 0.977. The number of alkyl halides is 2. The van der Waals surface area contributed by atoms with Gasteiger partial charge in [-0.2, -0.15) is 4.31 Å². The van der Waals surface area contributed by atoms with Crippen LogP contribution >= 0.6 is 0 Å². The summed E-state index contributed by atoms with van der Waals surface area (Å²) >= 11 is 0. The van der Waals surface area contributed by atoms with E-state index in [-0.39, 0.29) is 23.3 Å². The largest absolute Gasteiger partial charge is 0.243 e. The molecule has 3 atom stereocenters. The molecule has 2 fully saturated rings. The summed E-state index contributed by atoms with van der Waals surface area (Å²) in [4.78, 5) is 0.216. The van der Waals surface area contributed by atoms with Crippen LogP contribution in [0, 0.1) is 12.8 Å². The molecule has 1 aliphatic heterocycles. The van der Waals surface area contributed by atoms with Crippen LogP contribution in [0.4, 0.5) is 8.78 Å². The minimum Gasteiger partial charge on any atom is -0.210 e. The van der Waals surface area contributed by atoms with Crippen LogP contribution < -0.4 is 0 Å². The highest BCUT2D eigenvalue weighted by Gasteiger charge is 2.48. The van der Waals surface area contributed by atoms with E-state index in [0.29, 0.717) is 6.42 Å². The van der Waals surface area contributed by atoms with E-state index < -0.39 is 22.5 Å². The fourth-order valence-electron chi connectivity index (χ4n) is 4.13. The highest BCUT2D eigenvalue weighted by molar-refractivity contribution is 7.89. The molecule has 0 spiro atoms. The molecule has 1 unspecified atom stereocenters. The van der Waals surface area contributed by atoms with Crippen molar-refractivity contribution in [2.75, 3.05) is 0 Å². The first-order valence-electron chi connectivity index (χ1n) is 8.28. The van der Waals surface area contributed by atoms with Crippen LogP contribution in [-0.2, 0) is 10.0 Å². The lowest BCUT2D eigenvalue weighted by molar-refractivity contribution is 0.109. The number of nitrogens with zero attached hydrogens (tertiary/aromatic N) is 1. The van der Waals surface area contributed by atoms with E-state index in [1.165, 1.54) is 4.31 Å². The van der Waals surface area contributed by atoms with Gasteiger partial charge in [0.2, 0.25) is 16.4 Å². The van der Waals surface area contributed by atoms with Crippen molar-refractivity contribution in [2.45, 2.75) is 68.9 Å². The van der Waals surface area contributed by atoms with E-state index in [4.69, 9.17) is 0 Å². The fraction of sp³-hybridized carbons (Fsp3) is 0.647. The molecule has 1 aromatic rings. The van der Waals surface area contributed by atoms with Gasteiger partial charge in [0.1, 0.15) is 0 Å². The molecular formula is C17H23F2NO2S. The summed E-state index contributed by atoms with van der Waals surface area (Å²) in [6.45, 7) is 1.89. The molecule has 1 saturated heterocycles. The summed E-state index contributed by atoms with van der Waals surface area (Å²) in [5, 5.41) is 0. The van der Waals surface area contributed by atoms with Crippen LogP contribution in [-0.4, -0.2) is 31.2 Å². The summed E-state index contributed by atoms with van der Waals surface area (Å²) in [6.07, 6.45) is 1.51. The minimum absolute atomic E-state index is 0.112. The Morgan fingerprint density at radius 1 is 1.17 bits per heavy atom. The van der Waals surface area contributed by atoms with E-state index in [2.05, 4.69) is 0 Å². The molecule has 0 N–H and O–H groups in total. The van der Waals surface area contributed by atoms with Crippen molar-refractivity contribution in [1.29, 1.82) is 0 Å². The summed E-state index contributed by atoms with van der Waals surface area (Å²) in [5.74, 6) is 0.229. The predicted molar refractivity (Wildman–Crippen MR) is 85.0 cm³/mol. The van der Waals surface area contributed by atoms with E-state index in [1.54, 1.807) is 24.3 Å². The van der Waals surface area contributed by atoms with E-state index in [1.807, 2.05) is 6.92 Å². The van der Waals surface area contributed by atoms with Gasteiger partial charge in [-0.05, 0) is 44.2 Å². The van der Waals surface area contributed by atoms with Crippen molar-refractivity contribution in [3.8, 4) is 0 Å². The topological polar surface area (TPSA) is 37.4 Å². The number of benzene rings is 1. The van der Waals surface area contributed by atoms with Crippen LogP contribution in [0.15, 0.2) is 29.2 Å². The van der Waals surface area contributed by atoms with Crippen LogP contribution in [0.5, 0.6) is 0 Å². The van der Waals surface area contributed by atoms with E-state index >= 15 is 0 Å². The molecule has 0 amide bonds. The zero-order valence-electron chi connectivity index (χ0n) is 13.3. The van der Waals surface area contributed by atoms with Gasteiger partial charge in [-0.1, -0.05) is 30.5 Å². The molecule has 3 nitrogen and oxygen atoms in total. The standard InChI is InChI=1S/C17H23F2NO2S/c1-12-6-8-15(9-7-12)23(21,22)20-14(11-17(18)19)10-13-4-2-3-5-16(13)20/h6-9,13-14,16-17H,2-5,10-11H2,1H3/t13-,14?,16-/m0/s1. The second-order valence-electron chi connectivity index (χ2n) is 6.78. The number of hydrogen-bond acceptors (Lipinski definition) is 2. The van der Waals surface area contributed by atoms with Crippen LogP contribution in [0.2, 0.25) is 0 Å². The fourth-order valence-corrected chi connectivity index (χ4v) is 6.06. The number of rotatable bonds is 4. The van der Waals surface area contributed by atoms with Crippen molar-refractivity contribution in [1.82, 2.24) is 4.31 Å². The average molecular weight is 343 g/mol. The maximum atomic E-state index is 13.1. The Bertz CT molecular complexity index is 645. The van der Waals surface area contributed by atoms with Gasteiger partial charge in [-0.15, -0.1) is 0 Å². The molecule has 6 heteroatoms. The number of halogens is 2. The first-order chi connectivity index (χ1) is 10.9. The second kappa shape index (κ2) is 6.48. The highest BCUT2D eigenvalue weighted by atomic mass is 32.2. The number of sulfonamides is 1. The number of hydrogen-bond donors (Lipinski definition) is 0. The van der Waals surface area contributed by atoms with Crippen LogP contribution in [0.25, 0.3) is 0 Å². The Labute approximate surface area is 136 Å². The number of fused-ring (bicyclic) bond motifs is 1. The normalized spacial score (nSPS) is 29.0. The van der Waals surface area contributed by atoms with Gasteiger partial charge < -0.3 is 0 Å². The highest BCUT2D eigenvalue weighted by Crippen LogP contribution is 2.44. The quantitative estimate of drug-likeness (QED) is 0.829. The third-order valence-corrected chi connectivity index (χ3v) is 7.17. The Balaban J connectivity index is 1.96. The van der Waals surface area contributed by atoms with Gasteiger partial charge in [0.05, 0.1) is 4.90 Å². The lowest BCUT2D eigenvalue weighted by Gasteiger charge is -2.33.